The van der Waals surface area contributed by atoms with Crippen LogP contribution in [0.2, 0.25) is 0 Å². The maximum Gasteiger partial charge on any atom is 0.341 e. The molecular weight excluding hydrogens is 312 g/mol. The van der Waals surface area contributed by atoms with Gasteiger partial charge >= 0.3 is 5.97 Å². The predicted octanol–water partition coefficient (Wildman–Crippen LogP) is -0.279. The first-order valence-electron chi connectivity index (χ1n) is 7.08. The van der Waals surface area contributed by atoms with Gasteiger partial charge in [-0.3, -0.25) is 0 Å². The quantitative estimate of drug-likeness (QED) is 0.488. The largest absolute Gasteiger partial charge is 1.00 e. The zero-order valence-electron chi connectivity index (χ0n) is 12.7. The van der Waals surface area contributed by atoms with Gasteiger partial charge in [-0.15, -0.1) is 0 Å². The number of nitrogens with zero attached hydrogens (tertiary/aromatic N) is 2. The normalized spacial score (nSPS) is 11.3. The summed E-state index contributed by atoms with van der Waals surface area (Å²) < 4.78 is 9.51. The minimum atomic E-state index is -0.491. The fourth-order valence-electron chi connectivity index (χ4n) is 2.27. The summed E-state index contributed by atoms with van der Waals surface area (Å²) in [5, 5.41) is 0. The van der Waals surface area contributed by atoms with Crippen molar-refractivity contribution in [1.82, 2.24) is 4.57 Å². The number of imidazole rings is 1. The van der Waals surface area contributed by atoms with E-state index >= 15 is 0 Å². The van der Waals surface area contributed by atoms with E-state index in [0.717, 1.165) is 5.56 Å². The van der Waals surface area contributed by atoms with Crippen LogP contribution in [0.5, 0.6) is 0 Å². The van der Waals surface area contributed by atoms with Crippen LogP contribution in [0.1, 0.15) is 22.1 Å². The van der Waals surface area contributed by atoms with Crippen LogP contribution in [-0.2, 0) is 11.8 Å². The van der Waals surface area contributed by atoms with Crippen molar-refractivity contribution in [3.8, 4) is 0 Å². The molecule has 0 saturated heterocycles. The SMILES string of the molecule is Cn1cc[n+](C(OC(=O)c2ccccc2)c2ccccc2)c1.[Cl-]. The van der Waals surface area contributed by atoms with Gasteiger partial charge in [-0.05, 0) is 12.1 Å². The molecule has 0 aliphatic carbocycles. The minimum Gasteiger partial charge on any atom is -1.00 e. The van der Waals surface area contributed by atoms with E-state index in [4.69, 9.17) is 4.74 Å². The van der Waals surface area contributed by atoms with E-state index in [1.807, 2.05) is 83.4 Å². The number of hydrogen-bond donors (Lipinski definition) is 0. The fraction of sp³-hybridized carbons (Fsp3) is 0.111. The number of benzene rings is 2. The Kier molecular flexibility index (Phi) is 5.55. The number of carbonyl (C=O) groups is 1. The molecular formula is C18H17ClN2O2. The molecule has 23 heavy (non-hydrogen) atoms. The Morgan fingerprint density at radius 2 is 1.65 bits per heavy atom. The van der Waals surface area contributed by atoms with Crippen LogP contribution in [-0.4, -0.2) is 10.5 Å². The van der Waals surface area contributed by atoms with Crippen LogP contribution in [0.15, 0.2) is 79.4 Å². The summed E-state index contributed by atoms with van der Waals surface area (Å²) in [5.74, 6) is -0.342. The lowest BCUT2D eigenvalue weighted by Gasteiger charge is -2.15. The summed E-state index contributed by atoms with van der Waals surface area (Å²) in [6.07, 6.45) is 5.19. The lowest BCUT2D eigenvalue weighted by molar-refractivity contribution is -0.745. The number of aromatic nitrogens is 2. The summed E-state index contributed by atoms with van der Waals surface area (Å²) in [7, 11) is 1.93. The van der Waals surface area contributed by atoms with Crippen LogP contribution in [0.4, 0.5) is 0 Å². The third kappa shape index (κ3) is 3.99. The third-order valence-corrected chi connectivity index (χ3v) is 3.37. The van der Waals surface area contributed by atoms with E-state index in [2.05, 4.69) is 0 Å². The average molecular weight is 329 g/mol. The molecule has 5 heteroatoms. The molecule has 1 heterocycles. The van der Waals surface area contributed by atoms with Crippen LogP contribution in [0, 0.1) is 0 Å². The summed E-state index contributed by atoms with van der Waals surface area (Å²) in [5.41, 5.74) is 1.46. The number of aryl methyl sites for hydroxylation is 1. The predicted molar refractivity (Wildman–Crippen MR) is 82.0 cm³/mol. The number of carbonyl (C=O) groups excluding carboxylic acids is 1. The highest BCUT2D eigenvalue weighted by Gasteiger charge is 2.23. The molecule has 1 unspecified atom stereocenters. The molecule has 0 fully saturated rings. The molecule has 0 aliphatic heterocycles. The molecule has 0 N–H and O–H groups in total. The van der Waals surface area contributed by atoms with E-state index in [0.29, 0.717) is 5.56 Å². The molecule has 1 aromatic heterocycles. The molecule has 2 aromatic carbocycles. The Morgan fingerprint density at radius 3 is 2.22 bits per heavy atom. The van der Waals surface area contributed by atoms with E-state index in [1.165, 1.54) is 0 Å². The first-order chi connectivity index (χ1) is 10.7. The fourth-order valence-corrected chi connectivity index (χ4v) is 2.27. The summed E-state index contributed by atoms with van der Waals surface area (Å²) in [4.78, 5) is 12.4. The van der Waals surface area contributed by atoms with E-state index < -0.39 is 6.23 Å². The average Bonchev–Trinajstić information content (AvgIpc) is 3.00. The van der Waals surface area contributed by atoms with Gasteiger partial charge < -0.3 is 17.1 Å². The molecule has 0 aliphatic rings. The van der Waals surface area contributed by atoms with E-state index in [1.54, 1.807) is 12.1 Å². The lowest BCUT2D eigenvalue weighted by Crippen LogP contribution is -3.00. The van der Waals surface area contributed by atoms with Gasteiger partial charge in [0.15, 0.2) is 0 Å². The van der Waals surface area contributed by atoms with Crippen molar-refractivity contribution < 1.29 is 26.5 Å². The highest BCUT2D eigenvalue weighted by molar-refractivity contribution is 5.89. The second-order valence-corrected chi connectivity index (χ2v) is 5.06. The Hall–Kier alpha value is -2.59. The summed E-state index contributed by atoms with van der Waals surface area (Å²) >= 11 is 0. The van der Waals surface area contributed by atoms with Gasteiger partial charge in [0.2, 0.25) is 6.33 Å². The topological polar surface area (TPSA) is 35.1 Å². The van der Waals surface area contributed by atoms with Crippen molar-refractivity contribution >= 4 is 5.97 Å². The Labute approximate surface area is 141 Å². The van der Waals surface area contributed by atoms with Crippen molar-refractivity contribution in [1.29, 1.82) is 0 Å². The maximum absolute atomic E-state index is 12.4. The first-order valence-corrected chi connectivity index (χ1v) is 7.08. The monoisotopic (exact) mass is 328 g/mol. The first kappa shape index (κ1) is 16.8. The number of rotatable bonds is 4. The van der Waals surface area contributed by atoms with Gasteiger partial charge in [0.25, 0.3) is 6.23 Å². The highest BCUT2D eigenvalue weighted by Crippen LogP contribution is 2.16. The van der Waals surface area contributed by atoms with Crippen molar-refractivity contribution in [3.63, 3.8) is 0 Å². The number of ether oxygens (including phenoxy) is 1. The molecule has 1 atom stereocenters. The molecule has 4 nitrogen and oxygen atoms in total. The van der Waals surface area contributed by atoms with Gasteiger partial charge in [0.1, 0.15) is 12.4 Å². The molecule has 3 rings (SSSR count). The van der Waals surface area contributed by atoms with Crippen molar-refractivity contribution in [2.24, 2.45) is 7.05 Å². The van der Waals surface area contributed by atoms with Crippen LogP contribution >= 0.6 is 0 Å². The number of halogens is 1. The molecule has 0 saturated carbocycles. The minimum absolute atomic E-state index is 0. The second kappa shape index (κ2) is 7.61. The molecule has 0 amide bonds. The zero-order chi connectivity index (χ0) is 15.4. The summed E-state index contributed by atoms with van der Waals surface area (Å²) in [6.45, 7) is 0. The summed E-state index contributed by atoms with van der Waals surface area (Å²) in [6, 6.07) is 18.7. The number of esters is 1. The Morgan fingerprint density at radius 1 is 1.04 bits per heavy atom. The van der Waals surface area contributed by atoms with Gasteiger partial charge in [0.05, 0.1) is 12.6 Å². The smallest absolute Gasteiger partial charge is 0.341 e. The van der Waals surface area contributed by atoms with Crippen molar-refractivity contribution in [2.75, 3.05) is 0 Å². The molecule has 3 aromatic rings. The molecule has 118 valence electrons. The van der Waals surface area contributed by atoms with Crippen LogP contribution in [0.25, 0.3) is 0 Å². The standard InChI is InChI=1S/C18H17N2O2.ClH/c1-19-12-13-20(14-19)17(15-8-4-2-5-9-15)22-18(21)16-10-6-3-7-11-16;/h2-14,17H,1H3;1H/q+1;/p-1. The van der Waals surface area contributed by atoms with E-state index in [-0.39, 0.29) is 18.4 Å². The molecule has 0 radical (unpaired) electrons. The van der Waals surface area contributed by atoms with E-state index in [9.17, 15) is 4.79 Å². The van der Waals surface area contributed by atoms with Crippen LogP contribution in [0.3, 0.4) is 0 Å². The van der Waals surface area contributed by atoms with Crippen molar-refractivity contribution in [3.05, 3.63) is 90.5 Å². The Balaban J connectivity index is 0.00000192. The van der Waals surface area contributed by atoms with Gasteiger partial charge in [-0.2, -0.15) is 4.57 Å². The lowest BCUT2D eigenvalue weighted by atomic mass is 10.2. The maximum atomic E-state index is 12.4. The molecule has 0 spiro atoms. The second-order valence-electron chi connectivity index (χ2n) is 5.06. The zero-order valence-corrected chi connectivity index (χ0v) is 13.4. The Bertz CT molecular complexity index is 757. The van der Waals surface area contributed by atoms with Gasteiger partial charge in [0, 0.05) is 5.56 Å². The van der Waals surface area contributed by atoms with Gasteiger partial charge in [-0.25, -0.2) is 9.36 Å². The van der Waals surface area contributed by atoms with Crippen LogP contribution < -0.4 is 17.0 Å². The third-order valence-electron chi connectivity index (χ3n) is 3.37. The molecule has 0 bridgehead atoms. The van der Waals surface area contributed by atoms with Gasteiger partial charge in [-0.1, -0.05) is 48.5 Å². The number of hydrogen-bond acceptors (Lipinski definition) is 2. The van der Waals surface area contributed by atoms with Crippen molar-refractivity contribution in [2.45, 2.75) is 6.23 Å². The highest BCUT2D eigenvalue weighted by atomic mass is 35.5.